The van der Waals surface area contributed by atoms with Crippen LogP contribution in [0.1, 0.15) is 66.0 Å². The number of hydrogen-bond donors (Lipinski definition) is 0. The molecular formula is C18H27N3O2. The summed E-state index contributed by atoms with van der Waals surface area (Å²) in [5.41, 5.74) is 0.949. The van der Waals surface area contributed by atoms with Crippen molar-refractivity contribution in [1.29, 1.82) is 0 Å². The third-order valence-electron chi connectivity index (χ3n) is 7.85. The summed E-state index contributed by atoms with van der Waals surface area (Å²) in [6.45, 7) is 11.5. The van der Waals surface area contributed by atoms with E-state index in [-0.39, 0.29) is 39.7 Å². The Morgan fingerprint density at radius 3 is 2.30 bits per heavy atom. The van der Waals surface area contributed by atoms with Crippen LogP contribution in [0.25, 0.3) is 0 Å². The van der Waals surface area contributed by atoms with E-state index >= 15 is 0 Å². The molecular weight excluding hydrogens is 290 g/mol. The Kier molecular flexibility index (Phi) is 2.57. The van der Waals surface area contributed by atoms with Crippen LogP contribution < -0.4 is 11.4 Å². The molecule has 5 nitrogen and oxygen atoms in total. The molecule has 1 saturated carbocycles. The molecule has 3 heterocycles. The minimum Gasteiger partial charge on any atom is -0.246 e. The second-order valence-corrected chi connectivity index (χ2v) is 8.93. The molecule has 2 bridgehead atoms. The molecule has 4 atom stereocenters. The topological polar surface area (TPSA) is 48.9 Å². The first-order chi connectivity index (χ1) is 10.6. The number of nitrogens with zero attached hydrogens (tertiary/aromatic N) is 3. The van der Waals surface area contributed by atoms with Crippen LogP contribution in [0, 0.1) is 16.2 Å². The van der Waals surface area contributed by atoms with E-state index in [1.807, 2.05) is 0 Å². The van der Waals surface area contributed by atoms with Crippen LogP contribution in [0.5, 0.6) is 0 Å². The maximum absolute atomic E-state index is 12.8. The van der Waals surface area contributed by atoms with Crippen molar-refractivity contribution in [3.8, 4) is 0 Å². The van der Waals surface area contributed by atoms with Gasteiger partial charge in [0, 0.05) is 17.9 Å². The van der Waals surface area contributed by atoms with Gasteiger partial charge in [0.1, 0.15) is 0 Å². The highest BCUT2D eigenvalue weighted by Crippen LogP contribution is 2.72. The summed E-state index contributed by atoms with van der Waals surface area (Å²) in [6.07, 6.45) is 5.70. The van der Waals surface area contributed by atoms with Crippen LogP contribution >= 0.6 is 0 Å². The number of allylic oxidation sites excluding steroid dienone is 2. The predicted octanol–water partition coefficient (Wildman–Crippen LogP) is 2.63. The number of rotatable bonds is 0. The lowest BCUT2D eigenvalue weighted by Gasteiger charge is -2.69. The van der Waals surface area contributed by atoms with E-state index in [0.29, 0.717) is 0 Å². The van der Waals surface area contributed by atoms with Gasteiger partial charge in [-0.3, -0.25) is 0 Å². The minimum atomic E-state index is -0.180. The van der Waals surface area contributed by atoms with Gasteiger partial charge in [0.25, 0.3) is 0 Å². The zero-order valence-electron chi connectivity index (χ0n) is 15.0. The quantitative estimate of drug-likeness (QED) is 0.691. The van der Waals surface area contributed by atoms with Crippen LogP contribution in [-0.2, 0) is 7.05 Å². The molecule has 2 aliphatic heterocycles. The SMILES string of the molecule is CC1=C[C@@H]2n3c(=O)n(C)c(=O)n3[C@H]1[C@]1(C)C(C)(C)CCC[C@]21C. The molecule has 126 valence electrons. The molecule has 5 heteroatoms. The molecule has 23 heavy (non-hydrogen) atoms. The molecule has 1 aromatic rings. The molecule has 5 rings (SSSR count). The second kappa shape index (κ2) is 3.93. The molecule has 0 unspecified atom stereocenters. The van der Waals surface area contributed by atoms with Gasteiger partial charge in [0.15, 0.2) is 0 Å². The highest BCUT2D eigenvalue weighted by molar-refractivity contribution is 5.31. The summed E-state index contributed by atoms with van der Waals surface area (Å²) >= 11 is 0. The van der Waals surface area contributed by atoms with Gasteiger partial charge in [0.2, 0.25) is 0 Å². The second-order valence-electron chi connectivity index (χ2n) is 8.93. The fourth-order valence-electron chi connectivity index (χ4n) is 6.15. The maximum atomic E-state index is 12.8. The van der Waals surface area contributed by atoms with Crippen molar-refractivity contribution < 1.29 is 0 Å². The first-order valence-corrected chi connectivity index (χ1v) is 8.66. The van der Waals surface area contributed by atoms with Crippen LogP contribution in [0.4, 0.5) is 0 Å². The molecule has 1 fully saturated rings. The van der Waals surface area contributed by atoms with Crippen molar-refractivity contribution in [2.24, 2.45) is 23.3 Å². The first-order valence-electron chi connectivity index (χ1n) is 8.66. The van der Waals surface area contributed by atoms with E-state index < -0.39 is 0 Å². The lowest BCUT2D eigenvalue weighted by molar-refractivity contribution is -0.176. The van der Waals surface area contributed by atoms with Gasteiger partial charge < -0.3 is 0 Å². The number of aromatic nitrogens is 3. The number of hydrogen-bond acceptors (Lipinski definition) is 2. The Hall–Kier alpha value is -1.52. The van der Waals surface area contributed by atoms with E-state index in [9.17, 15) is 9.59 Å². The van der Waals surface area contributed by atoms with Gasteiger partial charge in [-0.1, -0.05) is 45.8 Å². The predicted molar refractivity (Wildman–Crippen MR) is 89.6 cm³/mol. The average molecular weight is 317 g/mol. The smallest absolute Gasteiger partial charge is 0.246 e. The van der Waals surface area contributed by atoms with Crippen molar-refractivity contribution >= 4 is 0 Å². The van der Waals surface area contributed by atoms with E-state index in [0.717, 1.165) is 6.42 Å². The van der Waals surface area contributed by atoms with Gasteiger partial charge in [-0.2, -0.15) is 0 Å². The summed E-state index contributed by atoms with van der Waals surface area (Å²) in [6, 6.07) is -0.0623. The molecule has 4 aliphatic rings. The van der Waals surface area contributed by atoms with Crippen LogP contribution in [-0.4, -0.2) is 13.9 Å². The summed E-state index contributed by atoms with van der Waals surface area (Å²) in [4.78, 5) is 25.5. The largest absolute Gasteiger partial charge is 0.347 e. The highest BCUT2D eigenvalue weighted by atomic mass is 16.2. The fourth-order valence-corrected chi connectivity index (χ4v) is 6.15. The Morgan fingerprint density at radius 2 is 1.65 bits per heavy atom. The van der Waals surface area contributed by atoms with Gasteiger partial charge in [-0.25, -0.2) is 23.5 Å². The van der Waals surface area contributed by atoms with Gasteiger partial charge in [-0.15, -0.1) is 0 Å². The fraction of sp³-hybridized carbons (Fsp3) is 0.778. The van der Waals surface area contributed by atoms with Gasteiger partial charge in [-0.05, 0) is 25.2 Å². The summed E-state index contributed by atoms with van der Waals surface area (Å²) < 4.78 is 4.77. The Labute approximate surface area is 136 Å². The zero-order valence-corrected chi connectivity index (χ0v) is 15.0. The van der Waals surface area contributed by atoms with E-state index in [1.54, 1.807) is 16.4 Å². The lowest BCUT2D eigenvalue weighted by Crippen LogP contribution is -2.66. The van der Waals surface area contributed by atoms with Crippen LogP contribution in [0.15, 0.2) is 21.2 Å². The van der Waals surface area contributed by atoms with E-state index in [1.165, 1.54) is 23.0 Å². The van der Waals surface area contributed by atoms with Gasteiger partial charge >= 0.3 is 11.4 Å². The highest BCUT2D eigenvalue weighted by Gasteiger charge is 2.68. The molecule has 0 amide bonds. The monoisotopic (exact) mass is 317 g/mol. The van der Waals surface area contributed by atoms with Crippen molar-refractivity contribution in [1.82, 2.24) is 13.9 Å². The van der Waals surface area contributed by atoms with Crippen molar-refractivity contribution in [3.63, 3.8) is 0 Å². The van der Waals surface area contributed by atoms with Crippen molar-refractivity contribution in [2.75, 3.05) is 0 Å². The van der Waals surface area contributed by atoms with Crippen LogP contribution in [0.2, 0.25) is 0 Å². The Morgan fingerprint density at radius 1 is 1.04 bits per heavy atom. The molecule has 0 saturated heterocycles. The molecule has 2 aliphatic carbocycles. The third-order valence-corrected chi connectivity index (χ3v) is 7.85. The Bertz CT molecular complexity index is 853. The summed E-state index contributed by atoms with van der Waals surface area (Å²) in [5.74, 6) is 0. The van der Waals surface area contributed by atoms with Crippen molar-refractivity contribution in [3.05, 3.63) is 32.6 Å². The molecule has 0 aromatic carbocycles. The lowest BCUT2D eigenvalue weighted by atomic mass is 9.40. The molecule has 0 radical (unpaired) electrons. The average Bonchev–Trinajstić information content (AvgIpc) is 2.68. The molecule has 1 aromatic heterocycles. The third kappa shape index (κ3) is 1.33. The molecule has 0 N–H and O–H groups in total. The maximum Gasteiger partial charge on any atom is 0.347 e. The standard InChI is InChI=1S/C18H27N3O2/c1-11-10-12-17(4)9-7-8-16(2,3)18(17,5)13(11)21-15(23)19(6)14(22)20(12)21/h10,12-13H,7-9H2,1-6H3/t12-,13+,17+,18+/m0/s1. The minimum absolute atomic E-state index is 0.00343. The van der Waals surface area contributed by atoms with E-state index in [2.05, 4.69) is 40.7 Å². The van der Waals surface area contributed by atoms with Crippen molar-refractivity contribution in [2.45, 2.75) is 66.0 Å². The van der Waals surface area contributed by atoms with Crippen LogP contribution in [0.3, 0.4) is 0 Å². The Balaban J connectivity index is 2.15. The first kappa shape index (κ1) is 15.0. The van der Waals surface area contributed by atoms with E-state index in [4.69, 9.17) is 0 Å². The molecule has 0 spiro atoms. The summed E-state index contributed by atoms with van der Waals surface area (Å²) in [7, 11) is 1.59. The van der Waals surface area contributed by atoms with Gasteiger partial charge in [0.05, 0.1) is 12.1 Å². The zero-order chi connectivity index (χ0) is 16.9. The summed E-state index contributed by atoms with van der Waals surface area (Å²) in [5, 5.41) is 0. The normalized spacial score (nSPS) is 40.5.